The zero-order valence-corrected chi connectivity index (χ0v) is 26.7. The van der Waals surface area contributed by atoms with Crippen molar-refractivity contribution in [3.63, 3.8) is 0 Å². The monoisotopic (exact) mass is 672 g/mol. The Morgan fingerprint density at radius 2 is 1.25 bits per heavy atom. The van der Waals surface area contributed by atoms with Gasteiger partial charge in [-0.3, -0.25) is 19.2 Å². The lowest BCUT2D eigenvalue weighted by molar-refractivity contribution is -0.154. The number of hydrogen-bond donors (Lipinski definition) is 0. The van der Waals surface area contributed by atoms with Crippen molar-refractivity contribution in [2.24, 2.45) is 11.8 Å². The van der Waals surface area contributed by atoms with Crippen LogP contribution in [0.15, 0.2) is 115 Å². The third-order valence-electron chi connectivity index (χ3n) is 9.41. The van der Waals surface area contributed by atoms with Gasteiger partial charge in [-0.1, -0.05) is 78.3 Å². The van der Waals surface area contributed by atoms with Crippen molar-refractivity contribution in [1.82, 2.24) is 10.0 Å². The van der Waals surface area contributed by atoms with E-state index in [9.17, 15) is 24.0 Å². The maximum absolute atomic E-state index is 14.5. The molecule has 4 aromatic carbocycles. The first-order valence-electron chi connectivity index (χ1n) is 15.3. The molecule has 1 fully saturated rings. The summed E-state index contributed by atoms with van der Waals surface area (Å²) in [7, 11) is 0. The van der Waals surface area contributed by atoms with Gasteiger partial charge in [-0.15, -0.1) is 11.3 Å². The predicted molar refractivity (Wildman–Crippen MR) is 178 cm³/mol. The Balaban J connectivity index is 1.14. The van der Waals surface area contributed by atoms with Crippen LogP contribution in [0.1, 0.15) is 64.5 Å². The molecule has 4 aliphatic rings. The minimum absolute atomic E-state index is 0.0489. The molecule has 3 aliphatic carbocycles. The smallest absolute Gasteiger partial charge is 0.353 e. The Hall–Kier alpha value is -5.38. The van der Waals surface area contributed by atoms with Crippen molar-refractivity contribution in [3.8, 4) is 5.75 Å². The number of benzene rings is 4. The van der Waals surface area contributed by atoms with Crippen LogP contribution in [0.25, 0.3) is 0 Å². The molecule has 2 heterocycles. The van der Waals surface area contributed by atoms with E-state index >= 15 is 0 Å². The highest BCUT2D eigenvalue weighted by molar-refractivity contribution is 7.12. The number of nitrogens with zero attached hydrogens (tertiary/aromatic N) is 2. The molecule has 5 aromatic rings. The van der Waals surface area contributed by atoms with Crippen LogP contribution in [0.2, 0.25) is 5.02 Å². The summed E-state index contributed by atoms with van der Waals surface area (Å²) in [6, 6.07) is 31.3. The molecule has 0 N–H and O–H groups in total. The Bertz CT molecular complexity index is 2030. The third-order valence-corrected chi connectivity index (χ3v) is 10.6. The van der Waals surface area contributed by atoms with E-state index in [0.717, 1.165) is 32.3 Å². The molecular formula is C38H25ClN2O6S. The molecule has 2 atom stereocenters. The van der Waals surface area contributed by atoms with Gasteiger partial charge in [-0.05, 0) is 70.1 Å². The quantitative estimate of drug-likeness (QED) is 0.0821. The summed E-state index contributed by atoms with van der Waals surface area (Å²) in [5.74, 6) is -4.90. The Labute approximate surface area is 284 Å². The van der Waals surface area contributed by atoms with Gasteiger partial charge >= 0.3 is 5.97 Å². The van der Waals surface area contributed by atoms with Crippen LogP contribution in [0, 0.1) is 11.8 Å². The summed E-state index contributed by atoms with van der Waals surface area (Å²) in [6.45, 7) is -0.607. The molecule has 1 saturated heterocycles. The van der Waals surface area contributed by atoms with Crippen LogP contribution in [-0.2, 0) is 9.59 Å². The number of amides is 3. The van der Waals surface area contributed by atoms with Crippen molar-refractivity contribution < 1.29 is 28.7 Å². The van der Waals surface area contributed by atoms with Gasteiger partial charge in [-0.25, -0.2) is 9.80 Å². The number of rotatable bonds is 7. The number of carbonyl (C=O) groups is 5. The first-order valence-corrected chi connectivity index (χ1v) is 16.6. The minimum atomic E-state index is -0.752. The number of ketones is 1. The van der Waals surface area contributed by atoms with E-state index in [4.69, 9.17) is 16.3 Å². The summed E-state index contributed by atoms with van der Waals surface area (Å²) in [5, 5.41) is 3.70. The van der Waals surface area contributed by atoms with E-state index in [1.54, 1.807) is 29.6 Å². The molecule has 1 aromatic heterocycles. The lowest BCUT2D eigenvalue weighted by Crippen LogP contribution is -2.52. The minimum Gasteiger partial charge on any atom is -0.422 e. The van der Waals surface area contributed by atoms with Crippen LogP contribution in [-0.4, -0.2) is 46.0 Å². The van der Waals surface area contributed by atoms with Gasteiger partial charge in [0.25, 0.3) is 17.7 Å². The molecule has 236 valence electrons. The molecule has 2 bridgehead atoms. The number of thiophene rings is 1. The highest BCUT2D eigenvalue weighted by Gasteiger charge is 2.63. The van der Waals surface area contributed by atoms with Crippen molar-refractivity contribution in [3.05, 3.63) is 158 Å². The number of hydrazine groups is 1. The van der Waals surface area contributed by atoms with E-state index in [1.165, 1.54) is 47.7 Å². The first-order chi connectivity index (χ1) is 23.3. The normalized spacial score (nSPS) is 20.1. The fourth-order valence-electron chi connectivity index (χ4n) is 7.39. The molecule has 0 saturated carbocycles. The van der Waals surface area contributed by atoms with Crippen molar-refractivity contribution in [2.75, 3.05) is 6.54 Å². The molecular weight excluding hydrogens is 648 g/mol. The average molecular weight is 673 g/mol. The second-order valence-electron chi connectivity index (χ2n) is 11.9. The van der Waals surface area contributed by atoms with Crippen molar-refractivity contribution in [2.45, 2.75) is 11.8 Å². The van der Waals surface area contributed by atoms with Gasteiger partial charge in [0.15, 0.2) is 5.78 Å². The Morgan fingerprint density at radius 3 is 1.77 bits per heavy atom. The first kappa shape index (κ1) is 30.0. The van der Waals surface area contributed by atoms with Crippen molar-refractivity contribution >= 4 is 52.4 Å². The third kappa shape index (κ3) is 4.69. The SMILES string of the molecule is O=C(CN(C(=O)c1ccccc1Cl)N1C(=O)[C@@H]2C3c4ccccc4C(c4ccccc43)[C@@H]2C1=O)c1ccc(OC(=O)c2cccs2)cc1. The standard InChI is InChI=1S/C38H25ClN2O6S/c39-28-13-6-5-12-27(28)35(43)40(20-29(42)21-15-17-22(18-16-21)47-38(46)30-14-7-19-48-30)41-36(44)33-31-23-8-1-2-9-24(23)32(34(33)37(41)45)26-11-4-3-10-25(26)31/h1-19,31-34H,20H2/t31?,32?,33-,34+. The number of carbonyl (C=O) groups excluding carboxylic acids is 5. The Morgan fingerprint density at radius 1 is 0.708 bits per heavy atom. The van der Waals surface area contributed by atoms with E-state index in [-0.39, 0.29) is 33.7 Å². The van der Waals surface area contributed by atoms with Gasteiger partial charge in [0.1, 0.15) is 17.2 Å². The molecule has 3 amide bonds. The van der Waals surface area contributed by atoms with Gasteiger partial charge in [-0.2, -0.15) is 5.01 Å². The molecule has 1 aliphatic heterocycles. The highest BCUT2D eigenvalue weighted by Crippen LogP contribution is 2.61. The lowest BCUT2D eigenvalue weighted by atomic mass is 9.55. The van der Waals surface area contributed by atoms with Crippen LogP contribution in [0.5, 0.6) is 5.75 Å². The molecule has 8 nitrogen and oxygen atoms in total. The summed E-state index contributed by atoms with van der Waals surface area (Å²) >= 11 is 7.68. The second kappa shape index (κ2) is 11.7. The number of hydrogen-bond acceptors (Lipinski definition) is 7. The fraction of sp³-hybridized carbons (Fsp3) is 0.132. The van der Waals surface area contributed by atoms with E-state index in [1.807, 2.05) is 48.5 Å². The van der Waals surface area contributed by atoms with Gasteiger partial charge in [0.05, 0.1) is 22.4 Å². The van der Waals surface area contributed by atoms with E-state index in [0.29, 0.717) is 4.88 Å². The molecule has 9 rings (SSSR count). The number of halogens is 1. The summed E-state index contributed by atoms with van der Waals surface area (Å²) in [4.78, 5) is 69.8. The van der Waals surface area contributed by atoms with E-state index in [2.05, 4.69) is 0 Å². The van der Waals surface area contributed by atoms with Gasteiger partial charge in [0, 0.05) is 17.4 Å². The zero-order chi connectivity index (χ0) is 33.1. The summed E-state index contributed by atoms with van der Waals surface area (Å²) in [6.07, 6.45) is 0. The number of ether oxygens (including phenoxy) is 1. The molecule has 48 heavy (non-hydrogen) atoms. The van der Waals surface area contributed by atoms with Crippen LogP contribution in [0.3, 0.4) is 0 Å². The molecule has 10 heteroatoms. The van der Waals surface area contributed by atoms with Gasteiger partial charge in [0.2, 0.25) is 0 Å². The largest absolute Gasteiger partial charge is 0.422 e. The highest BCUT2D eigenvalue weighted by atomic mass is 35.5. The maximum atomic E-state index is 14.5. The summed E-state index contributed by atoms with van der Waals surface area (Å²) in [5.41, 5.74) is 4.21. The van der Waals surface area contributed by atoms with Gasteiger partial charge < -0.3 is 4.74 Å². The van der Waals surface area contributed by atoms with Crippen LogP contribution >= 0.6 is 22.9 Å². The second-order valence-corrected chi connectivity index (χ2v) is 13.3. The topological polar surface area (TPSA) is 101 Å². The lowest BCUT2D eigenvalue weighted by Gasteiger charge is -2.45. The summed E-state index contributed by atoms with van der Waals surface area (Å²) < 4.78 is 5.41. The maximum Gasteiger partial charge on any atom is 0.353 e. The number of Topliss-reactive ketones (excluding diaryl/α,β-unsaturated/α-hetero) is 1. The number of imide groups is 1. The molecule has 0 spiro atoms. The molecule has 0 radical (unpaired) electrons. The van der Waals surface area contributed by atoms with Crippen LogP contribution < -0.4 is 4.74 Å². The fourth-order valence-corrected chi connectivity index (χ4v) is 8.21. The van der Waals surface area contributed by atoms with E-state index < -0.39 is 47.9 Å². The van der Waals surface area contributed by atoms with Crippen LogP contribution in [0.4, 0.5) is 0 Å². The molecule has 0 unspecified atom stereocenters. The predicted octanol–water partition coefficient (Wildman–Crippen LogP) is 6.75. The van der Waals surface area contributed by atoms with Crippen molar-refractivity contribution in [1.29, 1.82) is 0 Å². The Kier molecular flexibility index (Phi) is 7.31. The average Bonchev–Trinajstić information content (AvgIpc) is 3.75. The zero-order valence-electron chi connectivity index (χ0n) is 25.1. The number of esters is 1.